The Morgan fingerprint density at radius 3 is 2.40 bits per heavy atom. The van der Waals surface area contributed by atoms with E-state index in [2.05, 4.69) is 10.6 Å². The van der Waals surface area contributed by atoms with Crippen molar-refractivity contribution in [1.82, 2.24) is 10.2 Å². The van der Waals surface area contributed by atoms with Crippen LogP contribution in [0.5, 0.6) is 0 Å². The van der Waals surface area contributed by atoms with Gasteiger partial charge in [0.15, 0.2) is 0 Å². The lowest BCUT2D eigenvalue weighted by Gasteiger charge is -2.26. The summed E-state index contributed by atoms with van der Waals surface area (Å²) in [7, 11) is 1.77. The second-order valence-electron chi connectivity index (χ2n) is 7.41. The first-order valence-corrected chi connectivity index (χ1v) is 8.47. The van der Waals surface area contributed by atoms with Crippen LogP contribution in [0, 0.1) is 0 Å². The van der Waals surface area contributed by atoms with Gasteiger partial charge in [-0.25, -0.2) is 0 Å². The first-order chi connectivity index (χ1) is 11.7. The number of benzene rings is 2. The molecule has 25 heavy (non-hydrogen) atoms. The highest BCUT2D eigenvalue weighted by Crippen LogP contribution is 2.23. The van der Waals surface area contributed by atoms with E-state index in [1.165, 1.54) is 0 Å². The quantitative estimate of drug-likeness (QED) is 0.879. The number of carbonyl (C=O) groups excluding carboxylic acids is 2. The molecule has 0 aliphatic rings. The van der Waals surface area contributed by atoms with E-state index in [4.69, 9.17) is 0 Å². The third-order valence-electron chi connectivity index (χ3n) is 4.00. The van der Waals surface area contributed by atoms with Crippen molar-refractivity contribution in [2.45, 2.75) is 39.3 Å². The molecule has 5 heteroatoms. The number of anilines is 1. The molecule has 5 nitrogen and oxygen atoms in total. The van der Waals surface area contributed by atoms with Gasteiger partial charge in [0, 0.05) is 16.6 Å². The number of hydrogen-bond acceptors (Lipinski definition) is 3. The molecule has 0 heterocycles. The standard InChI is InChI=1S/C20H27N3O2/c1-14(23(5)13-18(24)22-20(2,3)4)19(25)21-17-12-8-10-15-9-6-7-11-16(15)17/h6-12,14H,13H2,1-5H3,(H,21,25)(H,22,24)/t14-/m0/s1. The Morgan fingerprint density at radius 2 is 1.72 bits per heavy atom. The van der Waals surface area contributed by atoms with Gasteiger partial charge in [0.25, 0.3) is 0 Å². The summed E-state index contributed by atoms with van der Waals surface area (Å²) >= 11 is 0. The third-order valence-corrected chi connectivity index (χ3v) is 4.00. The summed E-state index contributed by atoms with van der Waals surface area (Å²) in [5.74, 6) is -0.234. The lowest BCUT2D eigenvalue weighted by Crippen LogP contribution is -2.49. The maximum absolute atomic E-state index is 12.6. The summed E-state index contributed by atoms with van der Waals surface area (Å²) in [4.78, 5) is 26.4. The summed E-state index contributed by atoms with van der Waals surface area (Å²) < 4.78 is 0. The first kappa shape index (κ1) is 18.9. The second-order valence-corrected chi connectivity index (χ2v) is 7.41. The van der Waals surface area contributed by atoms with Crippen molar-refractivity contribution >= 4 is 28.3 Å². The zero-order chi connectivity index (χ0) is 18.6. The van der Waals surface area contributed by atoms with E-state index in [0.717, 1.165) is 16.5 Å². The predicted octanol–water partition coefficient (Wildman–Crippen LogP) is 3.01. The van der Waals surface area contributed by atoms with Crippen molar-refractivity contribution in [3.8, 4) is 0 Å². The summed E-state index contributed by atoms with van der Waals surface area (Å²) in [6, 6.07) is 13.3. The van der Waals surface area contributed by atoms with Crippen molar-refractivity contribution in [3.63, 3.8) is 0 Å². The molecular weight excluding hydrogens is 314 g/mol. The average molecular weight is 341 g/mol. The molecule has 0 aromatic heterocycles. The highest BCUT2D eigenvalue weighted by molar-refractivity contribution is 6.03. The molecule has 0 aliphatic heterocycles. The second kappa shape index (κ2) is 7.66. The molecule has 134 valence electrons. The minimum Gasteiger partial charge on any atom is -0.350 e. The Kier molecular flexibility index (Phi) is 5.80. The van der Waals surface area contributed by atoms with Crippen molar-refractivity contribution in [2.75, 3.05) is 18.9 Å². The zero-order valence-electron chi connectivity index (χ0n) is 15.6. The summed E-state index contributed by atoms with van der Waals surface area (Å²) in [6.07, 6.45) is 0. The molecule has 2 aromatic rings. The smallest absolute Gasteiger partial charge is 0.241 e. The van der Waals surface area contributed by atoms with Gasteiger partial charge in [-0.15, -0.1) is 0 Å². The molecule has 2 aromatic carbocycles. The van der Waals surface area contributed by atoms with Gasteiger partial charge in [-0.1, -0.05) is 36.4 Å². The fraction of sp³-hybridized carbons (Fsp3) is 0.400. The Morgan fingerprint density at radius 1 is 1.08 bits per heavy atom. The van der Waals surface area contributed by atoms with Gasteiger partial charge >= 0.3 is 0 Å². The van der Waals surface area contributed by atoms with Crippen LogP contribution < -0.4 is 10.6 Å². The van der Waals surface area contributed by atoms with Gasteiger partial charge in [0.05, 0.1) is 12.6 Å². The topological polar surface area (TPSA) is 61.4 Å². The Balaban J connectivity index is 2.03. The Labute approximate surface area is 149 Å². The molecule has 2 N–H and O–H groups in total. The first-order valence-electron chi connectivity index (χ1n) is 8.47. The normalized spacial score (nSPS) is 12.9. The molecule has 0 aliphatic carbocycles. The maximum Gasteiger partial charge on any atom is 0.241 e. The van der Waals surface area contributed by atoms with Crippen molar-refractivity contribution in [3.05, 3.63) is 42.5 Å². The monoisotopic (exact) mass is 341 g/mol. The van der Waals surface area contributed by atoms with Gasteiger partial charge < -0.3 is 10.6 Å². The van der Waals surface area contributed by atoms with Crippen LogP contribution in [0.1, 0.15) is 27.7 Å². The number of nitrogens with one attached hydrogen (secondary N) is 2. The molecule has 0 unspecified atom stereocenters. The molecule has 0 fully saturated rings. The molecule has 1 atom stereocenters. The molecule has 0 saturated carbocycles. The highest BCUT2D eigenvalue weighted by atomic mass is 16.2. The zero-order valence-corrected chi connectivity index (χ0v) is 15.6. The minimum atomic E-state index is -0.426. The number of likely N-dealkylation sites (N-methyl/N-ethyl adjacent to an activating group) is 1. The van der Waals surface area contributed by atoms with Gasteiger partial charge in [0.1, 0.15) is 0 Å². The number of amides is 2. The Bertz CT molecular complexity index is 760. The van der Waals surface area contributed by atoms with E-state index in [0.29, 0.717) is 0 Å². The number of carbonyl (C=O) groups is 2. The highest BCUT2D eigenvalue weighted by Gasteiger charge is 2.22. The molecule has 2 amide bonds. The SMILES string of the molecule is C[C@@H](C(=O)Nc1cccc2ccccc12)N(C)CC(=O)NC(C)(C)C. The number of fused-ring (bicyclic) bond motifs is 1. The van der Waals surface area contributed by atoms with E-state index in [-0.39, 0.29) is 23.9 Å². The van der Waals surface area contributed by atoms with E-state index < -0.39 is 6.04 Å². The van der Waals surface area contributed by atoms with Crippen LogP contribution in [0.3, 0.4) is 0 Å². The number of hydrogen-bond donors (Lipinski definition) is 2. The van der Waals surface area contributed by atoms with E-state index >= 15 is 0 Å². The van der Waals surface area contributed by atoms with Crippen LogP contribution in [0.4, 0.5) is 5.69 Å². The van der Waals surface area contributed by atoms with E-state index in [1.807, 2.05) is 63.2 Å². The van der Waals surface area contributed by atoms with Crippen molar-refractivity contribution in [1.29, 1.82) is 0 Å². The minimum absolute atomic E-state index is 0.0974. The van der Waals surface area contributed by atoms with Crippen molar-refractivity contribution in [2.24, 2.45) is 0 Å². The van der Waals surface area contributed by atoms with Crippen LogP contribution in [0.15, 0.2) is 42.5 Å². The number of nitrogens with zero attached hydrogens (tertiary/aromatic N) is 1. The molecule has 0 saturated heterocycles. The largest absolute Gasteiger partial charge is 0.350 e. The Hall–Kier alpha value is -2.40. The maximum atomic E-state index is 12.6. The lowest BCUT2D eigenvalue weighted by molar-refractivity contribution is -0.125. The molecule has 0 radical (unpaired) electrons. The van der Waals surface area contributed by atoms with Gasteiger partial charge in [-0.2, -0.15) is 0 Å². The average Bonchev–Trinajstić information content (AvgIpc) is 2.52. The van der Waals surface area contributed by atoms with Crippen LogP contribution in [-0.2, 0) is 9.59 Å². The van der Waals surface area contributed by atoms with Crippen LogP contribution >= 0.6 is 0 Å². The molecule has 0 bridgehead atoms. The predicted molar refractivity (Wildman–Crippen MR) is 103 cm³/mol. The number of rotatable bonds is 5. The fourth-order valence-electron chi connectivity index (χ4n) is 2.59. The van der Waals surface area contributed by atoms with Gasteiger partial charge in [-0.3, -0.25) is 14.5 Å². The van der Waals surface area contributed by atoms with Crippen LogP contribution in [0.25, 0.3) is 10.8 Å². The lowest BCUT2D eigenvalue weighted by atomic mass is 10.1. The van der Waals surface area contributed by atoms with E-state index in [9.17, 15) is 9.59 Å². The summed E-state index contributed by atoms with van der Waals surface area (Å²) in [5.41, 5.74) is 0.495. The van der Waals surface area contributed by atoms with E-state index in [1.54, 1.807) is 18.9 Å². The van der Waals surface area contributed by atoms with Gasteiger partial charge in [0.2, 0.25) is 11.8 Å². The summed E-state index contributed by atoms with van der Waals surface area (Å²) in [5, 5.41) is 7.95. The van der Waals surface area contributed by atoms with Crippen LogP contribution in [0.2, 0.25) is 0 Å². The van der Waals surface area contributed by atoms with Crippen LogP contribution in [-0.4, -0.2) is 41.9 Å². The summed E-state index contributed by atoms with van der Waals surface area (Å²) in [6.45, 7) is 7.76. The molecular formula is C20H27N3O2. The molecule has 0 spiro atoms. The third kappa shape index (κ3) is 5.29. The van der Waals surface area contributed by atoms with Crippen molar-refractivity contribution < 1.29 is 9.59 Å². The van der Waals surface area contributed by atoms with Gasteiger partial charge in [-0.05, 0) is 46.2 Å². The molecule has 2 rings (SSSR count). The fourth-order valence-corrected chi connectivity index (χ4v) is 2.59.